The zero-order valence-electron chi connectivity index (χ0n) is 12.8. The highest BCUT2D eigenvalue weighted by molar-refractivity contribution is 5.94. The summed E-state index contributed by atoms with van der Waals surface area (Å²) in [5, 5.41) is 18.4. The molecule has 3 aromatic rings. The number of nitrogens with two attached hydrogens (primary N) is 1. The molecule has 0 aliphatic rings. The highest BCUT2D eigenvalue weighted by Gasteiger charge is 2.07. The Bertz CT molecular complexity index is 906. The maximum absolute atomic E-state index is 12.2. The third-order valence-electron chi connectivity index (χ3n) is 3.56. The van der Waals surface area contributed by atoms with Gasteiger partial charge < -0.3 is 11.1 Å². The van der Waals surface area contributed by atoms with E-state index in [4.69, 9.17) is 11.0 Å². The van der Waals surface area contributed by atoms with Crippen LogP contribution in [0.25, 0.3) is 11.3 Å². The highest BCUT2D eigenvalue weighted by atomic mass is 16.1. The number of aromatic amines is 1. The summed E-state index contributed by atoms with van der Waals surface area (Å²) in [6.45, 7) is 0.368. The average molecular weight is 317 g/mol. The number of nitrogen functional groups attached to an aromatic ring is 1. The Morgan fingerprint density at radius 2 is 2.00 bits per heavy atom. The second-order valence-electron chi connectivity index (χ2n) is 5.28. The number of carbonyl (C=O) groups is 1. The van der Waals surface area contributed by atoms with Gasteiger partial charge >= 0.3 is 0 Å². The van der Waals surface area contributed by atoms with E-state index >= 15 is 0 Å². The Morgan fingerprint density at radius 3 is 2.67 bits per heavy atom. The number of anilines is 1. The molecule has 118 valence electrons. The molecule has 0 saturated carbocycles. The van der Waals surface area contributed by atoms with Crippen molar-refractivity contribution in [2.45, 2.75) is 6.54 Å². The molecule has 0 fully saturated rings. The molecular formula is C18H15N5O. The van der Waals surface area contributed by atoms with E-state index in [-0.39, 0.29) is 5.91 Å². The normalized spacial score (nSPS) is 10.1. The van der Waals surface area contributed by atoms with E-state index < -0.39 is 0 Å². The quantitative estimate of drug-likeness (QED) is 0.687. The van der Waals surface area contributed by atoms with Gasteiger partial charge in [-0.25, -0.2) is 0 Å². The number of rotatable bonds is 4. The summed E-state index contributed by atoms with van der Waals surface area (Å²) in [6, 6.07) is 18.1. The van der Waals surface area contributed by atoms with Crippen LogP contribution in [-0.2, 0) is 6.54 Å². The Labute approximate surface area is 138 Å². The largest absolute Gasteiger partial charge is 0.382 e. The molecule has 1 aromatic heterocycles. The molecule has 0 unspecified atom stereocenters. The lowest BCUT2D eigenvalue weighted by molar-refractivity contribution is 0.0951. The number of amides is 1. The van der Waals surface area contributed by atoms with Gasteiger partial charge in [0, 0.05) is 18.2 Å². The molecule has 0 spiro atoms. The molecule has 24 heavy (non-hydrogen) atoms. The lowest BCUT2D eigenvalue weighted by Gasteiger charge is -2.06. The van der Waals surface area contributed by atoms with Gasteiger partial charge in [0.2, 0.25) is 0 Å². The fourth-order valence-corrected chi connectivity index (χ4v) is 2.32. The maximum Gasteiger partial charge on any atom is 0.251 e. The molecule has 0 saturated heterocycles. The number of carbonyl (C=O) groups excluding carboxylic acids is 1. The van der Waals surface area contributed by atoms with Gasteiger partial charge in [-0.3, -0.25) is 9.89 Å². The Morgan fingerprint density at radius 1 is 1.21 bits per heavy atom. The molecule has 0 bridgehead atoms. The van der Waals surface area contributed by atoms with Crippen molar-refractivity contribution >= 4 is 11.7 Å². The van der Waals surface area contributed by atoms with E-state index in [1.54, 1.807) is 36.4 Å². The minimum absolute atomic E-state index is 0.173. The molecule has 3 rings (SSSR count). The number of nitriles is 1. The second-order valence-corrected chi connectivity index (χ2v) is 5.28. The summed E-state index contributed by atoms with van der Waals surface area (Å²) in [6.07, 6.45) is 0. The van der Waals surface area contributed by atoms with Gasteiger partial charge in [-0.15, -0.1) is 0 Å². The molecule has 6 heteroatoms. The van der Waals surface area contributed by atoms with Crippen LogP contribution >= 0.6 is 0 Å². The van der Waals surface area contributed by atoms with Crippen LogP contribution in [-0.4, -0.2) is 16.1 Å². The van der Waals surface area contributed by atoms with E-state index in [0.717, 1.165) is 16.8 Å². The zero-order chi connectivity index (χ0) is 16.9. The lowest BCUT2D eigenvalue weighted by Crippen LogP contribution is -2.22. The van der Waals surface area contributed by atoms with Gasteiger partial charge in [-0.2, -0.15) is 10.4 Å². The molecule has 4 N–H and O–H groups in total. The first-order chi connectivity index (χ1) is 11.7. The summed E-state index contributed by atoms with van der Waals surface area (Å²) in [5.41, 5.74) is 9.30. The third kappa shape index (κ3) is 3.42. The molecule has 0 aliphatic carbocycles. The number of nitrogens with one attached hydrogen (secondary N) is 2. The summed E-state index contributed by atoms with van der Waals surface area (Å²) in [7, 11) is 0. The van der Waals surface area contributed by atoms with Crippen molar-refractivity contribution in [3.63, 3.8) is 0 Å². The van der Waals surface area contributed by atoms with Gasteiger partial charge in [0.15, 0.2) is 0 Å². The smallest absolute Gasteiger partial charge is 0.251 e. The number of nitrogens with zero attached hydrogens (tertiary/aromatic N) is 2. The number of benzene rings is 2. The molecule has 6 nitrogen and oxygen atoms in total. The molecule has 1 amide bonds. The van der Waals surface area contributed by atoms with E-state index in [9.17, 15) is 4.79 Å². The summed E-state index contributed by atoms with van der Waals surface area (Å²) in [4.78, 5) is 12.2. The molecule has 1 heterocycles. The maximum atomic E-state index is 12.2. The van der Waals surface area contributed by atoms with Gasteiger partial charge in [0.1, 0.15) is 5.82 Å². The predicted molar refractivity (Wildman–Crippen MR) is 90.8 cm³/mol. The molecular weight excluding hydrogens is 302 g/mol. The van der Waals surface area contributed by atoms with Crippen LogP contribution < -0.4 is 11.1 Å². The molecule has 0 radical (unpaired) electrons. The van der Waals surface area contributed by atoms with E-state index in [2.05, 4.69) is 21.6 Å². The van der Waals surface area contributed by atoms with Crippen LogP contribution in [0.1, 0.15) is 21.5 Å². The van der Waals surface area contributed by atoms with Crippen LogP contribution in [0.5, 0.6) is 0 Å². The second kappa shape index (κ2) is 6.67. The zero-order valence-corrected chi connectivity index (χ0v) is 12.8. The number of H-pyrrole nitrogens is 1. The van der Waals surface area contributed by atoms with Crippen LogP contribution in [0, 0.1) is 11.3 Å². The standard InChI is InChI=1S/C18H15N5O/c19-10-12-2-1-3-13(8-12)11-21-18(24)15-6-4-14(5-7-15)16-9-17(20)23-22-16/h1-9H,11H2,(H,21,24)(H3,20,22,23). The van der Waals surface area contributed by atoms with Crippen molar-refractivity contribution in [3.05, 3.63) is 71.3 Å². The Kier molecular flexibility index (Phi) is 4.25. The summed E-state index contributed by atoms with van der Waals surface area (Å²) >= 11 is 0. The highest BCUT2D eigenvalue weighted by Crippen LogP contribution is 2.19. The van der Waals surface area contributed by atoms with E-state index in [1.807, 2.05) is 18.2 Å². The molecule has 0 aliphatic heterocycles. The first kappa shape index (κ1) is 15.3. The van der Waals surface area contributed by atoms with Crippen molar-refractivity contribution < 1.29 is 4.79 Å². The fraction of sp³-hybridized carbons (Fsp3) is 0.0556. The van der Waals surface area contributed by atoms with Crippen molar-refractivity contribution in [2.75, 3.05) is 5.73 Å². The summed E-state index contributed by atoms with van der Waals surface area (Å²) in [5.74, 6) is 0.249. The van der Waals surface area contributed by atoms with E-state index in [1.165, 1.54) is 0 Å². The van der Waals surface area contributed by atoms with Crippen LogP contribution in [0.15, 0.2) is 54.6 Å². The van der Waals surface area contributed by atoms with Crippen LogP contribution in [0.2, 0.25) is 0 Å². The minimum Gasteiger partial charge on any atom is -0.382 e. The predicted octanol–water partition coefficient (Wildman–Crippen LogP) is 2.46. The first-order valence-corrected chi connectivity index (χ1v) is 7.34. The monoisotopic (exact) mass is 317 g/mol. The van der Waals surface area contributed by atoms with Crippen LogP contribution in [0.4, 0.5) is 5.82 Å². The number of hydrogen-bond acceptors (Lipinski definition) is 4. The fourth-order valence-electron chi connectivity index (χ4n) is 2.32. The van der Waals surface area contributed by atoms with Crippen molar-refractivity contribution in [2.24, 2.45) is 0 Å². The Hall–Kier alpha value is -3.59. The first-order valence-electron chi connectivity index (χ1n) is 7.34. The van der Waals surface area contributed by atoms with Crippen molar-refractivity contribution in [1.82, 2.24) is 15.5 Å². The van der Waals surface area contributed by atoms with Gasteiger partial charge in [-0.05, 0) is 35.4 Å². The third-order valence-corrected chi connectivity index (χ3v) is 3.56. The molecule has 2 aromatic carbocycles. The Balaban J connectivity index is 1.66. The summed E-state index contributed by atoms with van der Waals surface area (Å²) < 4.78 is 0. The van der Waals surface area contributed by atoms with Crippen LogP contribution in [0.3, 0.4) is 0 Å². The number of aromatic nitrogens is 2. The SMILES string of the molecule is N#Cc1cccc(CNC(=O)c2ccc(-c3cc(N)n[nH]3)cc2)c1. The van der Waals surface area contributed by atoms with E-state index in [0.29, 0.717) is 23.5 Å². The number of hydrogen-bond donors (Lipinski definition) is 3. The minimum atomic E-state index is -0.173. The van der Waals surface area contributed by atoms with Gasteiger partial charge in [0.05, 0.1) is 17.3 Å². The molecule has 0 atom stereocenters. The van der Waals surface area contributed by atoms with Crippen molar-refractivity contribution in [1.29, 1.82) is 5.26 Å². The lowest BCUT2D eigenvalue weighted by atomic mass is 10.1. The van der Waals surface area contributed by atoms with Crippen molar-refractivity contribution in [3.8, 4) is 17.3 Å². The average Bonchev–Trinajstić information content (AvgIpc) is 3.06. The van der Waals surface area contributed by atoms with Gasteiger partial charge in [-0.1, -0.05) is 24.3 Å². The van der Waals surface area contributed by atoms with Gasteiger partial charge in [0.25, 0.3) is 5.91 Å². The topological polar surface area (TPSA) is 108 Å².